The van der Waals surface area contributed by atoms with Crippen molar-refractivity contribution in [3.8, 4) is 11.1 Å². The molecular formula is C22H13F3O4S. The van der Waals surface area contributed by atoms with Crippen LogP contribution in [0.4, 0.5) is 13.2 Å². The van der Waals surface area contributed by atoms with Crippen LogP contribution >= 0.6 is 11.3 Å². The molecule has 1 N–H and O–H groups in total. The number of rotatable bonds is 5. The maximum Gasteiger partial charge on any atom is 0.337 e. The molecule has 4 aromatic rings. The van der Waals surface area contributed by atoms with E-state index in [2.05, 4.69) is 0 Å². The fourth-order valence-electron chi connectivity index (χ4n) is 3.21. The first-order valence-corrected chi connectivity index (χ1v) is 9.65. The maximum atomic E-state index is 14.4. The number of carbonyl (C=O) groups excluding carboxylic acids is 1. The Labute approximate surface area is 172 Å². The number of ketones is 1. The Morgan fingerprint density at radius 1 is 1.07 bits per heavy atom. The van der Waals surface area contributed by atoms with Gasteiger partial charge >= 0.3 is 5.97 Å². The van der Waals surface area contributed by atoms with Crippen LogP contribution < -0.4 is 0 Å². The lowest BCUT2D eigenvalue weighted by atomic mass is 9.99. The highest BCUT2D eigenvalue weighted by atomic mass is 32.1. The van der Waals surface area contributed by atoms with Crippen LogP contribution in [0.3, 0.4) is 0 Å². The van der Waals surface area contributed by atoms with Crippen molar-refractivity contribution in [2.75, 3.05) is 0 Å². The quantitative estimate of drug-likeness (QED) is 0.394. The number of Topliss-reactive ketones (excluding diaryl/α,β-unsaturated/α-hetero) is 1. The van der Waals surface area contributed by atoms with E-state index in [1.807, 2.05) is 0 Å². The molecule has 0 bridgehead atoms. The summed E-state index contributed by atoms with van der Waals surface area (Å²) in [4.78, 5) is 24.7. The molecule has 0 saturated heterocycles. The number of fused-ring (bicyclic) bond motifs is 1. The monoisotopic (exact) mass is 430 g/mol. The molecule has 0 aliphatic heterocycles. The van der Waals surface area contributed by atoms with Gasteiger partial charge in [0.1, 0.15) is 11.4 Å². The van der Waals surface area contributed by atoms with E-state index in [0.29, 0.717) is 0 Å². The third-order valence-corrected chi connectivity index (χ3v) is 5.74. The van der Waals surface area contributed by atoms with Gasteiger partial charge in [-0.05, 0) is 36.1 Å². The van der Waals surface area contributed by atoms with Crippen molar-refractivity contribution in [3.63, 3.8) is 0 Å². The number of hydrogen-bond donors (Lipinski definition) is 1. The van der Waals surface area contributed by atoms with Crippen molar-refractivity contribution < 1.29 is 32.3 Å². The summed E-state index contributed by atoms with van der Waals surface area (Å²) in [7, 11) is 0. The number of thiophene rings is 1. The number of carboxylic acid groups (broad SMARTS) is 1. The van der Waals surface area contributed by atoms with Crippen LogP contribution in [0.1, 0.15) is 31.4 Å². The fourth-order valence-corrected chi connectivity index (χ4v) is 4.24. The van der Waals surface area contributed by atoms with Crippen molar-refractivity contribution in [2.45, 2.75) is 13.3 Å². The van der Waals surface area contributed by atoms with Gasteiger partial charge in [0.05, 0.1) is 10.9 Å². The molecular weight excluding hydrogens is 417 g/mol. The molecule has 4 rings (SSSR count). The van der Waals surface area contributed by atoms with E-state index in [-0.39, 0.29) is 50.3 Å². The summed E-state index contributed by atoms with van der Waals surface area (Å²) in [6, 6.07) is 8.10. The molecule has 30 heavy (non-hydrogen) atoms. The zero-order chi connectivity index (χ0) is 21.6. The number of benzene rings is 2. The minimum Gasteiger partial charge on any atom is -0.478 e. The topological polar surface area (TPSA) is 67.5 Å². The zero-order valence-corrected chi connectivity index (χ0v) is 16.3. The molecule has 152 valence electrons. The molecule has 0 saturated carbocycles. The van der Waals surface area contributed by atoms with Gasteiger partial charge in [0.15, 0.2) is 17.4 Å². The van der Waals surface area contributed by atoms with E-state index in [1.165, 1.54) is 48.7 Å². The van der Waals surface area contributed by atoms with E-state index in [0.717, 1.165) is 11.3 Å². The van der Waals surface area contributed by atoms with E-state index in [4.69, 9.17) is 4.42 Å². The van der Waals surface area contributed by atoms with Gasteiger partial charge in [-0.1, -0.05) is 18.2 Å². The Bertz CT molecular complexity index is 1320. The molecule has 0 atom stereocenters. The van der Waals surface area contributed by atoms with Gasteiger partial charge in [0.25, 0.3) is 0 Å². The number of furan rings is 1. The predicted octanol–water partition coefficient (Wildman–Crippen LogP) is 6.01. The lowest BCUT2D eigenvalue weighted by Crippen LogP contribution is -2.07. The summed E-state index contributed by atoms with van der Waals surface area (Å²) in [6.07, 6.45) is -0.344. The zero-order valence-electron chi connectivity index (χ0n) is 15.5. The van der Waals surface area contributed by atoms with Crippen molar-refractivity contribution in [1.29, 1.82) is 0 Å². The number of aryl methyl sites for hydroxylation is 1. The first-order chi connectivity index (χ1) is 14.3. The summed E-state index contributed by atoms with van der Waals surface area (Å²) < 4.78 is 47.6. The second kappa shape index (κ2) is 7.46. The minimum atomic E-state index is -1.37. The number of carbonyl (C=O) groups is 2. The SMILES string of the molecule is Cc1ccc(-c2csc(CC(=O)c3cc4c(F)cccc4o3)c2C(=O)O)c(F)c1F. The van der Waals surface area contributed by atoms with Crippen molar-refractivity contribution in [2.24, 2.45) is 0 Å². The van der Waals surface area contributed by atoms with Gasteiger partial charge in [-0.25, -0.2) is 18.0 Å². The highest BCUT2D eigenvalue weighted by molar-refractivity contribution is 7.11. The maximum absolute atomic E-state index is 14.4. The first kappa shape index (κ1) is 19.9. The van der Waals surface area contributed by atoms with Gasteiger partial charge in [0, 0.05) is 22.4 Å². The predicted molar refractivity (Wildman–Crippen MR) is 106 cm³/mol. The summed E-state index contributed by atoms with van der Waals surface area (Å²) >= 11 is 0.945. The second-order valence-electron chi connectivity index (χ2n) is 6.67. The molecule has 4 nitrogen and oxygen atoms in total. The third-order valence-electron chi connectivity index (χ3n) is 4.75. The Hall–Kier alpha value is -3.39. The van der Waals surface area contributed by atoms with Crippen molar-refractivity contribution in [3.05, 3.63) is 81.0 Å². The van der Waals surface area contributed by atoms with E-state index >= 15 is 0 Å². The largest absolute Gasteiger partial charge is 0.478 e. The molecule has 0 fully saturated rings. The smallest absolute Gasteiger partial charge is 0.337 e. The molecule has 0 aliphatic carbocycles. The second-order valence-corrected chi connectivity index (χ2v) is 7.64. The van der Waals surface area contributed by atoms with Gasteiger partial charge in [-0.2, -0.15) is 0 Å². The molecule has 0 unspecified atom stereocenters. The Morgan fingerprint density at radius 3 is 2.53 bits per heavy atom. The third kappa shape index (κ3) is 3.29. The van der Waals surface area contributed by atoms with Crippen molar-refractivity contribution in [1.82, 2.24) is 0 Å². The van der Waals surface area contributed by atoms with Crippen molar-refractivity contribution >= 4 is 34.1 Å². The standard InChI is InChI=1S/C22H13F3O4S/c1-10-5-6-11(21(25)20(10)24)13-9-30-18(19(13)22(27)28)8-15(26)17-7-12-14(23)3-2-4-16(12)29-17/h2-7,9H,8H2,1H3,(H,27,28). The first-order valence-electron chi connectivity index (χ1n) is 8.77. The molecule has 0 aliphatic rings. The summed E-state index contributed by atoms with van der Waals surface area (Å²) in [5, 5.41) is 11.2. The normalized spacial score (nSPS) is 11.2. The Kier molecular flexibility index (Phi) is 4.95. The van der Waals surface area contributed by atoms with E-state index < -0.39 is 29.2 Å². The number of carboxylic acids is 1. The number of halogens is 3. The molecule has 0 radical (unpaired) electrons. The van der Waals surface area contributed by atoms with Crippen LogP contribution in [0.2, 0.25) is 0 Å². The molecule has 8 heteroatoms. The van der Waals surface area contributed by atoms with Crippen LogP contribution in [0, 0.1) is 24.4 Å². The van der Waals surface area contributed by atoms with Crippen LogP contribution in [-0.2, 0) is 6.42 Å². The molecule has 0 amide bonds. The van der Waals surface area contributed by atoms with Crippen LogP contribution in [0.15, 0.2) is 46.2 Å². The van der Waals surface area contributed by atoms with Gasteiger partial charge in [-0.15, -0.1) is 11.3 Å². The van der Waals surface area contributed by atoms with Crippen LogP contribution in [0.25, 0.3) is 22.1 Å². The van der Waals surface area contributed by atoms with Gasteiger partial charge < -0.3 is 9.52 Å². The van der Waals surface area contributed by atoms with E-state index in [9.17, 15) is 27.9 Å². The number of aromatic carboxylic acids is 1. The molecule has 2 heterocycles. The lowest BCUT2D eigenvalue weighted by Gasteiger charge is -2.07. The fraction of sp³-hybridized carbons (Fsp3) is 0.0909. The minimum absolute atomic E-state index is 0.0117. The summed E-state index contributed by atoms with van der Waals surface area (Å²) in [5.41, 5.74) is -0.201. The molecule has 0 spiro atoms. The van der Waals surface area contributed by atoms with E-state index in [1.54, 1.807) is 0 Å². The van der Waals surface area contributed by atoms with Gasteiger partial charge in [0.2, 0.25) is 5.78 Å². The summed E-state index contributed by atoms with van der Waals surface area (Å²) in [6.45, 7) is 1.40. The Balaban J connectivity index is 1.73. The van der Waals surface area contributed by atoms with Gasteiger partial charge in [-0.3, -0.25) is 4.79 Å². The average molecular weight is 430 g/mol. The molecule has 2 aromatic carbocycles. The number of hydrogen-bond acceptors (Lipinski definition) is 4. The molecule has 2 aromatic heterocycles. The highest BCUT2D eigenvalue weighted by Crippen LogP contribution is 2.35. The lowest BCUT2D eigenvalue weighted by molar-refractivity contribution is 0.0697. The Morgan fingerprint density at radius 2 is 1.83 bits per heavy atom. The highest BCUT2D eigenvalue weighted by Gasteiger charge is 2.25. The average Bonchev–Trinajstić information content (AvgIpc) is 3.31. The summed E-state index contributed by atoms with van der Waals surface area (Å²) in [5.74, 6) is -4.80. The van der Waals surface area contributed by atoms with Crippen LogP contribution in [0.5, 0.6) is 0 Å². The van der Waals surface area contributed by atoms with Crippen LogP contribution in [-0.4, -0.2) is 16.9 Å².